The van der Waals surface area contributed by atoms with Gasteiger partial charge in [-0.15, -0.1) is 0 Å². The first-order valence-corrected chi connectivity index (χ1v) is 15.2. The molecule has 2 bridgehead atoms. The summed E-state index contributed by atoms with van der Waals surface area (Å²) in [6, 6.07) is 17.6. The van der Waals surface area contributed by atoms with Crippen LogP contribution in [0.15, 0.2) is 76.5 Å². The molecule has 1 amide bonds. The molecule has 7 nitrogen and oxygen atoms in total. The van der Waals surface area contributed by atoms with Crippen molar-refractivity contribution in [3.8, 4) is 0 Å². The summed E-state index contributed by atoms with van der Waals surface area (Å²) >= 11 is 12.3. The third-order valence-electron chi connectivity index (χ3n) is 6.91. The van der Waals surface area contributed by atoms with Crippen LogP contribution in [-0.2, 0) is 25.3 Å². The summed E-state index contributed by atoms with van der Waals surface area (Å²) in [5.74, 6) is -0.458. The zero-order valence-corrected chi connectivity index (χ0v) is 22.2. The molecule has 0 saturated heterocycles. The Kier molecular flexibility index (Phi) is 5.91. The molecule has 3 saturated carbocycles. The molecular formula is C25H22Cl2N2O5S2. The highest BCUT2D eigenvalue weighted by molar-refractivity contribution is 7.92. The fraction of sp³-hybridized carbons (Fsp3) is 0.240. The molecule has 188 valence electrons. The van der Waals surface area contributed by atoms with Crippen molar-refractivity contribution in [2.24, 2.45) is 0 Å². The fourth-order valence-electron chi connectivity index (χ4n) is 5.22. The summed E-state index contributed by atoms with van der Waals surface area (Å²) in [6.45, 7) is 0. The number of hydrogen-bond acceptors (Lipinski definition) is 5. The van der Waals surface area contributed by atoms with Crippen molar-refractivity contribution in [3.63, 3.8) is 0 Å². The number of nitrogens with one attached hydrogen (secondary N) is 2. The molecule has 0 aliphatic heterocycles. The Bertz CT molecular complexity index is 1570. The standard InChI is InChI=1S/C25H22Cl2N2O5S2/c1-35(31,32)17-7-9-18(10-8-17)36(33,34)29-22-12-21(27)20(26)11-19(22)23(30)28-25-13-24(14-25,15-25)16-5-3-2-4-6-16/h2-12,29H,13-15H2,1H3,(H,28,30). The highest BCUT2D eigenvalue weighted by atomic mass is 35.5. The molecule has 0 unspecified atom stereocenters. The lowest BCUT2D eigenvalue weighted by atomic mass is 9.37. The summed E-state index contributed by atoms with van der Waals surface area (Å²) in [7, 11) is -7.64. The summed E-state index contributed by atoms with van der Waals surface area (Å²) in [6.07, 6.45) is 3.46. The van der Waals surface area contributed by atoms with Gasteiger partial charge in [0.1, 0.15) is 0 Å². The molecular weight excluding hydrogens is 543 g/mol. The molecule has 11 heteroatoms. The van der Waals surface area contributed by atoms with Gasteiger partial charge < -0.3 is 5.32 Å². The Hall–Kier alpha value is -2.59. The molecule has 3 aliphatic rings. The van der Waals surface area contributed by atoms with Crippen LogP contribution < -0.4 is 10.0 Å². The number of carbonyl (C=O) groups excluding carboxylic acids is 1. The van der Waals surface area contributed by atoms with Gasteiger partial charge in [-0.1, -0.05) is 53.5 Å². The van der Waals surface area contributed by atoms with E-state index in [0.29, 0.717) is 0 Å². The minimum atomic E-state index is -4.16. The van der Waals surface area contributed by atoms with Crippen molar-refractivity contribution in [1.29, 1.82) is 0 Å². The van der Waals surface area contributed by atoms with Crippen molar-refractivity contribution in [2.45, 2.75) is 40.0 Å². The minimum Gasteiger partial charge on any atom is -0.346 e. The minimum absolute atomic E-state index is 0.0112. The van der Waals surface area contributed by atoms with Gasteiger partial charge >= 0.3 is 0 Å². The third kappa shape index (κ3) is 4.38. The van der Waals surface area contributed by atoms with Crippen LogP contribution in [0.25, 0.3) is 0 Å². The lowest BCUT2D eigenvalue weighted by Crippen LogP contribution is -2.76. The van der Waals surface area contributed by atoms with E-state index in [1.807, 2.05) is 18.2 Å². The second kappa shape index (κ2) is 8.48. The molecule has 0 spiro atoms. The third-order valence-corrected chi connectivity index (χ3v) is 10.1. The van der Waals surface area contributed by atoms with Crippen LogP contribution in [0.1, 0.15) is 35.2 Å². The number of rotatable bonds is 7. The van der Waals surface area contributed by atoms with Crippen molar-refractivity contribution in [2.75, 3.05) is 11.0 Å². The maximum atomic E-state index is 13.3. The fourth-order valence-corrected chi connectivity index (χ4v) is 7.24. The summed E-state index contributed by atoms with van der Waals surface area (Å²) in [5.41, 5.74) is 1.01. The molecule has 0 aromatic heterocycles. The van der Waals surface area contributed by atoms with Crippen LogP contribution in [0.3, 0.4) is 0 Å². The predicted octanol–water partition coefficient (Wildman–Crippen LogP) is 4.80. The van der Waals surface area contributed by atoms with Gasteiger partial charge in [0.2, 0.25) is 0 Å². The SMILES string of the molecule is CS(=O)(=O)c1ccc(S(=O)(=O)Nc2cc(Cl)c(Cl)cc2C(=O)NC23CC(c4ccccc4)(C2)C3)cc1. The number of sulfone groups is 1. The van der Waals surface area contributed by atoms with Gasteiger partial charge in [-0.25, -0.2) is 16.8 Å². The van der Waals surface area contributed by atoms with E-state index in [-0.39, 0.29) is 42.0 Å². The average Bonchev–Trinajstić information content (AvgIpc) is 2.77. The van der Waals surface area contributed by atoms with Crippen LogP contribution >= 0.6 is 23.2 Å². The highest BCUT2D eigenvalue weighted by Crippen LogP contribution is 2.67. The molecule has 0 atom stereocenters. The number of anilines is 1. The van der Waals surface area contributed by atoms with Crippen LogP contribution in [-0.4, -0.2) is 34.5 Å². The highest BCUT2D eigenvalue weighted by Gasteiger charge is 2.69. The molecule has 3 aromatic rings. The Morgan fingerprint density at radius 2 is 1.39 bits per heavy atom. The van der Waals surface area contributed by atoms with E-state index < -0.39 is 25.8 Å². The Labute approximate surface area is 219 Å². The van der Waals surface area contributed by atoms with Gasteiger partial charge in [0.05, 0.1) is 31.1 Å². The Morgan fingerprint density at radius 1 is 0.833 bits per heavy atom. The van der Waals surface area contributed by atoms with E-state index in [1.54, 1.807) is 0 Å². The number of amides is 1. The predicted molar refractivity (Wildman–Crippen MR) is 139 cm³/mol. The van der Waals surface area contributed by atoms with E-state index >= 15 is 0 Å². The quantitative estimate of drug-likeness (QED) is 0.428. The van der Waals surface area contributed by atoms with Crippen LogP contribution in [0.2, 0.25) is 10.0 Å². The smallest absolute Gasteiger partial charge is 0.261 e. The summed E-state index contributed by atoms with van der Waals surface area (Å²) in [5, 5.41) is 3.25. The normalized spacial score (nSPS) is 22.8. The van der Waals surface area contributed by atoms with Crippen LogP contribution in [0.4, 0.5) is 5.69 Å². The topological polar surface area (TPSA) is 109 Å². The molecule has 3 fully saturated rings. The molecule has 0 radical (unpaired) electrons. The van der Waals surface area contributed by atoms with E-state index in [9.17, 15) is 21.6 Å². The Balaban J connectivity index is 1.37. The van der Waals surface area contributed by atoms with Gasteiger partial charge in [0.25, 0.3) is 15.9 Å². The first-order valence-electron chi connectivity index (χ1n) is 11.0. The maximum Gasteiger partial charge on any atom is 0.261 e. The van der Waals surface area contributed by atoms with Gasteiger partial charge in [0, 0.05) is 17.2 Å². The first-order chi connectivity index (χ1) is 16.8. The number of benzene rings is 3. The second-order valence-electron chi connectivity index (χ2n) is 9.57. The molecule has 2 N–H and O–H groups in total. The van der Waals surface area contributed by atoms with Gasteiger partial charge in [-0.2, -0.15) is 0 Å². The van der Waals surface area contributed by atoms with Crippen molar-refractivity contribution < 1.29 is 21.6 Å². The lowest BCUT2D eigenvalue weighted by Gasteiger charge is -2.71. The van der Waals surface area contributed by atoms with Gasteiger partial charge in [0.15, 0.2) is 9.84 Å². The van der Waals surface area contributed by atoms with E-state index in [4.69, 9.17) is 23.2 Å². The zero-order chi connectivity index (χ0) is 25.9. The first kappa shape index (κ1) is 25.1. The van der Waals surface area contributed by atoms with Crippen molar-refractivity contribution >= 4 is 54.7 Å². The molecule has 3 aliphatic carbocycles. The summed E-state index contributed by atoms with van der Waals surface area (Å²) < 4.78 is 51.8. The molecule has 3 aromatic carbocycles. The van der Waals surface area contributed by atoms with Crippen LogP contribution in [0.5, 0.6) is 0 Å². The molecule has 36 heavy (non-hydrogen) atoms. The number of sulfonamides is 1. The monoisotopic (exact) mass is 564 g/mol. The van der Waals surface area contributed by atoms with Gasteiger partial charge in [-0.3, -0.25) is 9.52 Å². The molecule has 6 rings (SSSR count). The lowest BCUT2D eigenvalue weighted by molar-refractivity contribution is -0.0807. The van der Waals surface area contributed by atoms with Crippen molar-refractivity contribution in [1.82, 2.24) is 5.32 Å². The second-order valence-corrected chi connectivity index (χ2v) is 14.1. The van der Waals surface area contributed by atoms with E-state index in [2.05, 4.69) is 22.2 Å². The van der Waals surface area contributed by atoms with Gasteiger partial charge in [-0.05, 0) is 61.2 Å². The van der Waals surface area contributed by atoms with E-state index in [1.165, 1.54) is 42.0 Å². The summed E-state index contributed by atoms with van der Waals surface area (Å²) in [4.78, 5) is 13.1. The number of halogens is 2. The maximum absolute atomic E-state index is 13.3. The number of hydrogen-bond donors (Lipinski definition) is 2. The molecule has 0 heterocycles. The Morgan fingerprint density at radius 3 is 1.97 bits per heavy atom. The average molecular weight is 566 g/mol. The number of carbonyl (C=O) groups is 1. The van der Waals surface area contributed by atoms with Crippen molar-refractivity contribution in [3.05, 3.63) is 87.9 Å². The van der Waals surface area contributed by atoms with E-state index in [0.717, 1.165) is 25.5 Å². The zero-order valence-electron chi connectivity index (χ0n) is 19.1. The largest absolute Gasteiger partial charge is 0.346 e. The van der Waals surface area contributed by atoms with Crippen LogP contribution in [0, 0.1) is 0 Å².